The second kappa shape index (κ2) is 7.30. The van der Waals surface area contributed by atoms with Gasteiger partial charge in [-0.25, -0.2) is 4.98 Å². The fraction of sp³-hybridized carbons (Fsp3) is 0.444. The van der Waals surface area contributed by atoms with E-state index in [0.29, 0.717) is 6.54 Å². The zero-order valence-electron chi connectivity index (χ0n) is 13.2. The highest BCUT2D eigenvalue weighted by atomic mass is 79.9. The predicted octanol–water partition coefficient (Wildman–Crippen LogP) is 3.66. The van der Waals surface area contributed by atoms with Crippen LogP contribution >= 0.6 is 15.9 Å². The number of benzene rings is 1. The second-order valence-corrected chi connectivity index (χ2v) is 7.12. The fourth-order valence-corrected chi connectivity index (χ4v) is 3.71. The molecular formula is C18H22BrN3O. The van der Waals surface area contributed by atoms with Crippen LogP contribution in [0.25, 0.3) is 0 Å². The first-order chi connectivity index (χ1) is 11.2. The molecule has 0 radical (unpaired) electrons. The van der Waals surface area contributed by atoms with Crippen molar-refractivity contribution in [1.82, 2.24) is 14.9 Å². The van der Waals surface area contributed by atoms with Crippen LogP contribution in [0, 0.1) is 0 Å². The molecule has 0 saturated heterocycles. The molecule has 122 valence electrons. The van der Waals surface area contributed by atoms with E-state index in [9.17, 15) is 4.79 Å². The Bertz CT molecular complexity index is 631. The van der Waals surface area contributed by atoms with E-state index in [2.05, 4.69) is 38.4 Å². The van der Waals surface area contributed by atoms with E-state index in [-0.39, 0.29) is 11.3 Å². The number of carbonyl (C=O) groups excluding carboxylic acids is 1. The summed E-state index contributed by atoms with van der Waals surface area (Å²) in [5.74, 6) is 0.183. The molecule has 1 aliphatic carbocycles. The molecule has 0 atom stereocenters. The highest BCUT2D eigenvalue weighted by molar-refractivity contribution is 9.10. The van der Waals surface area contributed by atoms with Crippen molar-refractivity contribution in [1.29, 1.82) is 0 Å². The van der Waals surface area contributed by atoms with Crippen molar-refractivity contribution in [2.45, 2.75) is 44.1 Å². The van der Waals surface area contributed by atoms with Gasteiger partial charge in [-0.2, -0.15) is 0 Å². The third-order valence-corrected chi connectivity index (χ3v) is 5.26. The SMILES string of the molecule is O=C(NCCCn1ccnc1)C1(c2ccc(Br)cc2)CCCC1. The van der Waals surface area contributed by atoms with Gasteiger partial charge < -0.3 is 9.88 Å². The lowest BCUT2D eigenvalue weighted by Crippen LogP contribution is -2.43. The number of nitrogens with one attached hydrogen (secondary N) is 1. The van der Waals surface area contributed by atoms with E-state index in [4.69, 9.17) is 0 Å². The van der Waals surface area contributed by atoms with Gasteiger partial charge in [0.05, 0.1) is 11.7 Å². The van der Waals surface area contributed by atoms with Gasteiger partial charge in [0.15, 0.2) is 0 Å². The summed E-state index contributed by atoms with van der Waals surface area (Å²) in [6, 6.07) is 8.23. The quantitative estimate of drug-likeness (QED) is 0.783. The maximum atomic E-state index is 12.9. The smallest absolute Gasteiger partial charge is 0.230 e. The lowest BCUT2D eigenvalue weighted by Gasteiger charge is -2.28. The zero-order valence-corrected chi connectivity index (χ0v) is 14.8. The van der Waals surface area contributed by atoms with Crippen LogP contribution in [-0.2, 0) is 16.8 Å². The van der Waals surface area contributed by atoms with Crippen molar-refractivity contribution in [3.05, 3.63) is 53.0 Å². The van der Waals surface area contributed by atoms with E-state index >= 15 is 0 Å². The topological polar surface area (TPSA) is 46.9 Å². The molecule has 1 heterocycles. The van der Waals surface area contributed by atoms with Crippen LogP contribution < -0.4 is 5.32 Å². The number of aryl methyl sites for hydroxylation is 1. The van der Waals surface area contributed by atoms with Crippen molar-refractivity contribution < 1.29 is 4.79 Å². The summed E-state index contributed by atoms with van der Waals surface area (Å²) in [5.41, 5.74) is 0.806. The van der Waals surface area contributed by atoms with Gasteiger partial charge in [-0.1, -0.05) is 40.9 Å². The maximum absolute atomic E-state index is 12.9. The highest BCUT2D eigenvalue weighted by Crippen LogP contribution is 2.41. The normalized spacial score (nSPS) is 16.4. The molecule has 1 N–H and O–H groups in total. The van der Waals surface area contributed by atoms with Gasteiger partial charge in [0.25, 0.3) is 0 Å². The van der Waals surface area contributed by atoms with Crippen molar-refractivity contribution in [3.63, 3.8) is 0 Å². The minimum Gasteiger partial charge on any atom is -0.355 e. The molecule has 4 nitrogen and oxygen atoms in total. The predicted molar refractivity (Wildman–Crippen MR) is 94.1 cm³/mol. The molecule has 1 aromatic heterocycles. The Morgan fingerprint density at radius 1 is 1.26 bits per heavy atom. The Hall–Kier alpha value is -1.62. The van der Waals surface area contributed by atoms with Crippen LogP contribution in [0.5, 0.6) is 0 Å². The molecule has 0 bridgehead atoms. The molecule has 1 saturated carbocycles. The van der Waals surface area contributed by atoms with Gasteiger partial charge >= 0.3 is 0 Å². The first-order valence-electron chi connectivity index (χ1n) is 8.21. The zero-order chi connectivity index (χ0) is 16.1. The van der Waals surface area contributed by atoms with Gasteiger partial charge in [0.1, 0.15) is 0 Å². The highest BCUT2D eigenvalue weighted by Gasteiger charge is 2.42. The largest absolute Gasteiger partial charge is 0.355 e. The molecule has 0 spiro atoms. The minimum atomic E-state index is -0.338. The number of hydrogen-bond donors (Lipinski definition) is 1. The van der Waals surface area contributed by atoms with Gasteiger partial charge in [0, 0.05) is 30.0 Å². The first-order valence-corrected chi connectivity index (χ1v) is 9.00. The van der Waals surface area contributed by atoms with Gasteiger partial charge in [-0.3, -0.25) is 4.79 Å². The number of hydrogen-bond acceptors (Lipinski definition) is 2. The van der Waals surface area contributed by atoms with Crippen LogP contribution in [0.15, 0.2) is 47.5 Å². The molecule has 1 aliphatic rings. The summed E-state index contributed by atoms with van der Waals surface area (Å²) in [4.78, 5) is 16.9. The van der Waals surface area contributed by atoms with E-state index in [0.717, 1.165) is 48.7 Å². The molecule has 1 fully saturated rings. The van der Waals surface area contributed by atoms with Crippen LogP contribution in [0.1, 0.15) is 37.7 Å². The van der Waals surface area contributed by atoms with Crippen LogP contribution in [0.3, 0.4) is 0 Å². The van der Waals surface area contributed by atoms with E-state index in [1.165, 1.54) is 0 Å². The summed E-state index contributed by atoms with van der Waals surface area (Å²) >= 11 is 3.47. The van der Waals surface area contributed by atoms with Crippen LogP contribution in [0.4, 0.5) is 0 Å². The second-order valence-electron chi connectivity index (χ2n) is 6.21. The molecule has 5 heteroatoms. The number of halogens is 1. The van der Waals surface area contributed by atoms with Gasteiger partial charge in [-0.15, -0.1) is 0 Å². The Morgan fingerprint density at radius 3 is 2.65 bits per heavy atom. The monoisotopic (exact) mass is 375 g/mol. The van der Waals surface area contributed by atoms with Gasteiger partial charge in [0.2, 0.25) is 5.91 Å². The fourth-order valence-electron chi connectivity index (χ4n) is 3.45. The minimum absolute atomic E-state index is 0.183. The molecule has 0 unspecified atom stereocenters. The Kier molecular flexibility index (Phi) is 5.16. The molecule has 3 rings (SSSR count). The van der Waals surface area contributed by atoms with Crippen molar-refractivity contribution in [3.8, 4) is 0 Å². The average Bonchev–Trinajstić information content (AvgIpc) is 3.24. The summed E-state index contributed by atoms with van der Waals surface area (Å²) in [7, 11) is 0. The molecule has 1 amide bonds. The number of amides is 1. The van der Waals surface area contributed by atoms with Crippen molar-refractivity contribution in [2.24, 2.45) is 0 Å². The molecule has 23 heavy (non-hydrogen) atoms. The molecule has 0 aliphatic heterocycles. The first kappa shape index (κ1) is 16.2. The standard InChI is InChI=1S/C18H22BrN3O/c19-16-6-4-15(5-7-16)18(8-1-2-9-18)17(23)21-10-3-12-22-13-11-20-14-22/h4-7,11,13-14H,1-3,8-10,12H2,(H,21,23). The number of carbonyl (C=O) groups is 1. The molecular weight excluding hydrogens is 354 g/mol. The Labute approximate surface area is 145 Å². The lowest BCUT2D eigenvalue weighted by molar-refractivity contribution is -0.126. The summed E-state index contributed by atoms with van der Waals surface area (Å²) in [5, 5.41) is 3.16. The van der Waals surface area contributed by atoms with Crippen LogP contribution in [-0.4, -0.2) is 22.0 Å². The van der Waals surface area contributed by atoms with E-state index in [1.807, 2.05) is 29.2 Å². The molecule has 2 aromatic rings. The Balaban J connectivity index is 1.61. The number of nitrogens with zero attached hydrogens (tertiary/aromatic N) is 2. The lowest BCUT2D eigenvalue weighted by atomic mass is 9.78. The third kappa shape index (κ3) is 3.66. The number of imidazole rings is 1. The van der Waals surface area contributed by atoms with Crippen molar-refractivity contribution in [2.75, 3.05) is 6.54 Å². The van der Waals surface area contributed by atoms with E-state index in [1.54, 1.807) is 6.20 Å². The summed E-state index contributed by atoms with van der Waals surface area (Å²) < 4.78 is 3.08. The van der Waals surface area contributed by atoms with E-state index < -0.39 is 0 Å². The van der Waals surface area contributed by atoms with Gasteiger partial charge in [-0.05, 0) is 37.0 Å². The Morgan fingerprint density at radius 2 is 2.00 bits per heavy atom. The average molecular weight is 376 g/mol. The maximum Gasteiger partial charge on any atom is 0.230 e. The number of rotatable bonds is 6. The molecule has 1 aromatic carbocycles. The summed E-state index contributed by atoms with van der Waals surface area (Å²) in [6.07, 6.45) is 10.6. The summed E-state index contributed by atoms with van der Waals surface area (Å²) in [6.45, 7) is 1.58. The number of aromatic nitrogens is 2. The van der Waals surface area contributed by atoms with Crippen molar-refractivity contribution >= 4 is 21.8 Å². The third-order valence-electron chi connectivity index (χ3n) is 4.73. The van der Waals surface area contributed by atoms with Crippen LogP contribution in [0.2, 0.25) is 0 Å².